The van der Waals surface area contributed by atoms with E-state index in [1.54, 1.807) is 11.8 Å². The minimum atomic E-state index is -0.734. The molecule has 0 heterocycles. The number of ketones is 1. The van der Waals surface area contributed by atoms with Gasteiger partial charge in [-0.1, -0.05) is 55.8 Å². The number of amides is 1. The molecule has 2 aromatic carbocycles. The van der Waals surface area contributed by atoms with Crippen LogP contribution in [0, 0.1) is 12.3 Å². The van der Waals surface area contributed by atoms with Gasteiger partial charge in [0.05, 0.1) is 5.41 Å². The first kappa shape index (κ1) is 20.2. The van der Waals surface area contributed by atoms with E-state index in [0.717, 1.165) is 11.3 Å². The van der Waals surface area contributed by atoms with Crippen LogP contribution >= 0.6 is 11.8 Å². The molecule has 0 saturated heterocycles. The fourth-order valence-electron chi connectivity index (χ4n) is 2.68. The summed E-state index contributed by atoms with van der Waals surface area (Å²) >= 11 is 1.64. The van der Waals surface area contributed by atoms with E-state index in [0.29, 0.717) is 12.1 Å². The molecule has 0 aliphatic rings. The molecule has 1 amide bonds. The zero-order valence-corrected chi connectivity index (χ0v) is 16.8. The summed E-state index contributed by atoms with van der Waals surface area (Å²) in [5, 5.41) is 2.97. The van der Waals surface area contributed by atoms with E-state index in [1.165, 1.54) is 11.1 Å². The van der Waals surface area contributed by atoms with Gasteiger partial charge in [0.25, 0.3) is 0 Å². The van der Waals surface area contributed by atoms with Gasteiger partial charge in [-0.15, -0.1) is 11.8 Å². The molecule has 0 aliphatic carbocycles. The highest BCUT2D eigenvalue weighted by molar-refractivity contribution is 7.98. The van der Waals surface area contributed by atoms with Crippen molar-refractivity contribution in [2.24, 2.45) is 5.41 Å². The standard InChI is InChI=1S/C22H27NO2S/c1-16-5-7-17(8-6-16)13-14-23-21(25)22(2,3)15-20(24)18-9-11-19(26-4)12-10-18/h5-12H,13-15H2,1-4H3,(H,23,25). The van der Waals surface area contributed by atoms with Gasteiger partial charge in [0, 0.05) is 23.4 Å². The number of Topliss-reactive ketones (excluding diaryl/α,β-unsaturated/α-hetero) is 1. The third-order valence-electron chi connectivity index (χ3n) is 4.45. The van der Waals surface area contributed by atoms with Gasteiger partial charge in [0.15, 0.2) is 5.78 Å². The van der Waals surface area contributed by atoms with E-state index in [9.17, 15) is 9.59 Å². The molecule has 0 unspecified atom stereocenters. The van der Waals surface area contributed by atoms with Gasteiger partial charge in [0.1, 0.15) is 0 Å². The third kappa shape index (κ3) is 5.73. The van der Waals surface area contributed by atoms with Gasteiger partial charge in [-0.2, -0.15) is 0 Å². The summed E-state index contributed by atoms with van der Waals surface area (Å²) in [7, 11) is 0. The Hall–Kier alpha value is -2.07. The lowest BCUT2D eigenvalue weighted by Gasteiger charge is -2.23. The van der Waals surface area contributed by atoms with Gasteiger partial charge in [-0.05, 0) is 37.3 Å². The first-order chi connectivity index (χ1) is 12.3. The number of hydrogen-bond acceptors (Lipinski definition) is 3. The fraction of sp³-hybridized carbons (Fsp3) is 0.364. The molecule has 2 aromatic rings. The van der Waals surface area contributed by atoms with Crippen LogP contribution in [0.5, 0.6) is 0 Å². The molecule has 0 saturated carbocycles. The molecule has 0 radical (unpaired) electrons. The number of rotatable bonds is 8. The molecule has 0 fully saturated rings. The molecule has 0 aliphatic heterocycles. The van der Waals surface area contributed by atoms with Gasteiger partial charge < -0.3 is 5.32 Å². The minimum absolute atomic E-state index is 0.00339. The quantitative estimate of drug-likeness (QED) is 0.543. The average Bonchev–Trinajstić information content (AvgIpc) is 2.63. The van der Waals surface area contributed by atoms with E-state index in [1.807, 2.05) is 44.4 Å². The number of benzene rings is 2. The maximum absolute atomic E-state index is 12.5. The maximum atomic E-state index is 12.5. The molecule has 0 atom stereocenters. The first-order valence-electron chi connectivity index (χ1n) is 8.83. The molecule has 1 N–H and O–H groups in total. The van der Waals surface area contributed by atoms with Gasteiger partial charge in [-0.25, -0.2) is 0 Å². The lowest BCUT2D eigenvalue weighted by Crippen LogP contribution is -2.39. The summed E-state index contributed by atoms with van der Waals surface area (Å²) < 4.78 is 0. The van der Waals surface area contributed by atoms with E-state index >= 15 is 0 Å². The zero-order valence-electron chi connectivity index (χ0n) is 16.0. The summed E-state index contributed by atoms with van der Waals surface area (Å²) in [6, 6.07) is 15.8. The molecule has 138 valence electrons. The van der Waals surface area contributed by atoms with Crippen molar-refractivity contribution in [2.45, 2.75) is 38.5 Å². The van der Waals surface area contributed by atoms with Crippen LogP contribution in [0.15, 0.2) is 53.4 Å². The highest BCUT2D eigenvalue weighted by atomic mass is 32.2. The molecular formula is C22H27NO2S. The summed E-state index contributed by atoms with van der Waals surface area (Å²) in [6.45, 7) is 6.27. The SMILES string of the molecule is CSc1ccc(C(=O)CC(C)(C)C(=O)NCCc2ccc(C)cc2)cc1. The number of carbonyl (C=O) groups is 2. The average molecular weight is 370 g/mol. The molecule has 4 heteroatoms. The molecular weight excluding hydrogens is 342 g/mol. The highest BCUT2D eigenvalue weighted by Crippen LogP contribution is 2.24. The van der Waals surface area contributed by atoms with Crippen LogP contribution in [0.4, 0.5) is 0 Å². The van der Waals surface area contributed by atoms with E-state index in [-0.39, 0.29) is 18.1 Å². The van der Waals surface area contributed by atoms with Crippen LogP contribution in [-0.2, 0) is 11.2 Å². The molecule has 3 nitrogen and oxygen atoms in total. The van der Waals surface area contributed by atoms with Crippen LogP contribution < -0.4 is 5.32 Å². The largest absolute Gasteiger partial charge is 0.355 e. The zero-order chi connectivity index (χ0) is 19.2. The number of nitrogens with one attached hydrogen (secondary N) is 1. The first-order valence-corrected chi connectivity index (χ1v) is 10.1. The van der Waals surface area contributed by atoms with Crippen LogP contribution in [-0.4, -0.2) is 24.5 Å². The van der Waals surface area contributed by atoms with Crippen molar-refractivity contribution in [3.8, 4) is 0 Å². The van der Waals surface area contributed by atoms with E-state index in [4.69, 9.17) is 0 Å². The van der Waals surface area contributed by atoms with Crippen LogP contribution in [0.2, 0.25) is 0 Å². The van der Waals surface area contributed by atoms with Crippen molar-refractivity contribution in [3.05, 3.63) is 65.2 Å². The van der Waals surface area contributed by atoms with Crippen molar-refractivity contribution in [3.63, 3.8) is 0 Å². The molecule has 0 spiro atoms. The van der Waals surface area contributed by atoms with Gasteiger partial charge in [0.2, 0.25) is 5.91 Å². The summed E-state index contributed by atoms with van der Waals surface area (Å²) in [5.74, 6) is -0.0879. The van der Waals surface area contributed by atoms with Crippen molar-refractivity contribution >= 4 is 23.5 Å². The van der Waals surface area contributed by atoms with E-state index < -0.39 is 5.41 Å². The lowest BCUT2D eigenvalue weighted by atomic mass is 9.84. The number of carbonyl (C=O) groups excluding carboxylic acids is 2. The molecule has 0 aromatic heterocycles. The normalized spacial score (nSPS) is 11.2. The Morgan fingerprint density at radius 2 is 1.62 bits per heavy atom. The second-order valence-corrected chi connectivity index (χ2v) is 8.08. The lowest BCUT2D eigenvalue weighted by molar-refractivity contribution is -0.129. The summed E-state index contributed by atoms with van der Waals surface area (Å²) in [4.78, 5) is 26.1. The Morgan fingerprint density at radius 3 is 2.19 bits per heavy atom. The van der Waals surface area contributed by atoms with Crippen molar-refractivity contribution in [1.29, 1.82) is 0 Å². The fourth-order valence-corrected chi connectivity index (χ4v) is 3.08. The maximum Gasteiger partial charge on any atom is 0.226 e. The van der Waals surface area contributed by atoms with E-state index in [2.05, 4.69) is 36.5 Å². The number of thioether (sulfide) groups is 1. The molecule has 2 rings (SSSR count). The predicted octanol–water partition coefficient (Wildman–Crippen LogP) is 4.67. The Balaban J connectivity index is 1.87. The van der Waals surface area contributed by atoms with Crippen molar-refractivity contribution < 1.29 is 9.59 Å². The highest BCUT2D eigenvalue weighted by Gasteiger charge is 2.30. The molecule has 26 heavy (non-hydrogen) atoms. The number of aryl methyl sites for hydroxylation is 1. The Labute approximate surface area is 160 Å². The second kappa shape index (κ2) is 9.04. The minimum Gasteiger partial charge on any atom is -0.355 e. The Morgan fingerprint density at radius 1 is 1.00 bits per heavy atom. The van der Waals surface area contributed by atoms with Gasteiger partial charge in [-0.3, -0.25) is 9.59 Å². The summed E-state index contributed by atoms with van der Waals surface area (Å²) in [5.41, 5.74) is 2.34. The van der Waals surface area contributed by atoms with Gasteiger partial charge >= 0.3 is 0 Å². The monoisotopic (exact) mass is 369 g/mol. The topological polar surface area (TPSA) is 46.2 Å². The number of hydrogen-bond donors (Lipinski definition) is 1. The van der Waals surface area contributed by atoms with Crippen LogP contribution in [0.3, 0.4) is 0 Å². The second-order valence-electron chi connectivity index (χ2n) is 7.20. The Bertz CT molecular complexity index is 749. The van der Waals surface area contributed by atoms with Crippen molar-refractivity contribution in [1.82, 2.24) is 5.32 Å². The summed E-state index contributed by atoms with van der Waals surface area (Å²) in [6.07, 6.45) is 2.98. The Kier molecular flexibility index (Phi) is 7.04. The van der Waals surface area contributed by atoms with Crippen LogP contribution in [0.25, 0.3) is 0 Å². The smallest absolute Gasteiger partial charge is 0.226 e. The predicted molar refractivity (Wildman–Crippen MR) is 109 cm³/mol. The van der Waals surface area contributed by atoms with Crippen molar-refractivity contribution in [2.75, 3.05) is 12.8 Å². The van der Waals surface area contributed by atoms with Crippen LogP contribution in [0.1, 0.15) is 41.8 Å². The molecule has 0 bridgehead atoms. The third-order valence-corrected chi connectivity index (χ3v) is 5.19.